The van der Waals surface area contributed by atoms with Gasteiger partial charge in [0.25, 0.3) is 0 Å². The van der Waals surface area contributed by atoms with Crippen LogP contribution in [0, 0.1) is 6.92 Å². The van der Waals surface area contributed by atoms with Gasteiger partial charge in [-0.05, 0) is 6.92 Å². The highest BCUT2D eigenvalue weighted by Crippen LogP contribution is 1.93. The minimum Gasteiger partial charge on any atom is -0.383 e. The standard InChI is InChI=1S/C10H18N4O2/c1-9-11-3-6-14(9)7-4-12-10(15)13-5-8-16-2/h3,6H,4-5,7-8H2,1-2H3,(H2,12,13,15). The zero-order chi connectivity index (χ0) is 11.8. The van der Waals surface area contributed by atoms with Gasteiger partial charge in [0.1, 0.15) is 5.82 Å². The maximum Gasteiger partial charge on any atom is 0.314 e. The number of imidazole rings is 1. The van der Waals surface area contributed by atoms with Gasteiger partial charge in [-0.3, -0.25) is 0 Å². The molecule has 16 heavy (non-hydrogen) atoms. The number of urea groups is 1. The van der Waals surface area contributed by atoms with Crippen molar-refractivity contribution in [3.05, 3.63) is 18.2 Å². The third kappa shape index (κ3) is 4.31. The fourth-order valence-electron chi connectivity index (χ4n) is 1.26. The predicted octanol–water partition coefficient (Wildman–Crippen LogP) is 0.137. The highest BCUT2D eigenvalue weighted by Gasteiger charge is 1.99. The van der Waals surface area contributed by atoms with E-state index in [0.717, 1.165) is 12.4 Å². The molecule has 1 aromatic rings. The summed E-state index contributed by atoms with van der Waals surface area (Å²) in [4.78, 5) is 15.3. The molecule has 0 atom stereocenters. The topological polar surface area (TPSA) is 68.2 Å². The van der Waals surface area contributed by atoms with E-state index in [4.69, 9.17) is 4.74 Å². The molecule has 0 radical (unpaired) electrons. The molecule has 6 heteroatoms. The van der Waals surface area contributed by atoms with Gasteiger partial charge < -0.3 is 19.9 Å². The van der Waals surface area contributed by atoms with E-state index in [2.05, 4.69) is 15.6 Å². The van der Waals surface area contributed by atoms with Gasteiger partial charge in [-0.15, -0.1) is 0 Å². The SMILES string of the molecule is COCCNC(=O)NCCn1ccnc1C. The Morgan fingerprint density at radius 1 is 1.50 bits per heavy atom. The minimum absolute atomic E-state index is 0.171. The van der Waals surface area contributed by atoms with Crippen molar-refractivity contribution >= 4 is 6.03 Å². The molecule has 0 unspecified atom stereocenters. The summed E-state index contributed by atoms with van der Waals surface area (Å²) in [6.07, 6.45) is 3.63. The Labute approximate surface area is 95.0 Å². The summed E-state index contributed by atoms with van der Waals surface area (Å²) >= 11 is 0. The van der Waals surface area contributed by atoms with Crippen LogP contribution in [0.2, 0.25) is 0 Å². The van der Waals surface area contributed by atoms with Crippen LogP contribution in [0.1, 0.15) is 5.82 Å². The highest BCUT2D eigenvalue weighted by molar-refractivity contribution is 5.73. The zero-order valence-corrected chi connectivity index (χ0v) is 9.69. The Hall–Kier alpha value is -1.56. The second-order valence-corrected chi connectivity index (χ2v) is 3.34. The molecular formula is C10H18N4O2. The van der Waals surface area contributed by atoms with Crippen molar-refractivity contribution in [1.82, 2.24) is 20.2 Å². The first-order chi connectivity index (χ1) is 7.74. The maximum atomic E-state index is 11.2. The van der Waals surface area contributed by atoms with Gasteiger partial charge in [0, 0.05) is 39.1 Å². The molecule has 0 spiro atoms. The lowest BCUT2D eigenvalue weighted by Crippen LogP contribution is -2.38. The quantitative estimate of drug-likeness (QED) is 0.678. The number of aromatic nitrogens is 2. The number of aryl methyl sites for hydroxylation is 1. The average molecular weight is 226 g/mol. The second-order valence-electron chi connectivity index (χ2n) is 3.34. The third-order valence-corrected chi connectivity index (χ3v) is 2.15. The first kappa shape index (κ1) is 12.5. The number of carbonyl (C=O) groups is 1. The molecule has 2 amide bonds. The van der Waals surface area contributed by atoms with Crippen LogP contribution in [0.25, 0.3) is 0 Å². The first-order valence-corrected chi connectivity index (χ1v) is 5.22. The highest BCUT2D eigenvalue weighted by atomic mass is 16.5. The summed E-state index contributed by atoms with van der Waals surface area (Å²) in [6.45, 7) is 4.28. The molecule has 6 nitrogen and oxygen atoms in total. The number of ether oxygens (including phenoxy) is 1. The van der Waals surface area contributed by atoms with Gasteiger partial charge in [-0.2, -0.15) is 0 Å². The molecule has 0 aliphatic heterocycles. The number of methoxy groups -OCH3 is 1. The number of nitrogens with one attached hydrogen (secondary N) is 2. The van der Waals surface area contributed by atoms with E-state index in [9.17, 15) is 4.79 Å². The van der Waals surface area contributed by atoms with E-state index < -0.39 is 0 Å². The monoisotopic (exact) mass is 226 g/mol. The fourth-order valence-corrected chi connectivity index (χ4v) is 1.26. The molecule has 0 aliphatic carbocycles. The van der Waals surface area contributed by atoms with Gasteiger partial charge >= 0.3 is 6.03 Å². The number of nitrogens with zero attached hydrogens (tertiary/aromatic N) is 2. The summed E-state index contributed by atoms with van der Waals surface area (Å²) in [7, 11) is 1.60. The predicted molar refractivity (Wildman–Crippen MR) is 60.2 cm³/mol. The smallest absolute Gasteiger partial charge is 0.314 e. The maximum absolute atomic E-state index is 11.2. The second kappa shape index (κ2) is 6.84. The Kier molecular flexibility index (Phi) is 5.35. The van der Waals surface area contributed by atoms with Gasteiger partial charge in [0.15, 0.2) is 0 Å². The van der Waals surface area contributed by atoms with Crippen LogP contribution in [0.3, 0.4) is 0 Å². The Bertz CT molecular complexity index is 324. The summed E-state index contributed by atoms with van der Waals surface area (Å²) < 4.78 is 6.80. The molecule has 0 saturated carbocycles. The van der Waals surface area contributed by atoms with Gasteiger partial charge in [0.05, 0.1) is 6.61 Å². The minimum atomic E-state index is -0.171. The molecule has 2 N–H and O–H groups in total. The molecule has 0 aromatic carbocycles. The van der Waals surface area contributed by atoms with Crippen LogP contribution in [-0.2, 0) is 11.3 Å². The Morgan fingerprint density at radius 3 is 2.88 bits per heavy atom. The fraction of sp³-hybridized carbons (Fsp3) is 0.600. The molecule has 0 fully saturated rings. The van der Waals surface area contributed by atoms with Gasteiger partial charge in [-0.25, -0.2) is 9.78 Å². The molecule has 90 valence electrons. The molecule has 0 bridgehead atoms. The summed E-state index contributed by atoms with van der Waals surface area (Å²) in [5.41, 5.74) is 0. The lowest BCUT2D eigenvalue weighted by molar-refractivity contribution is 0.196. The van der Waals surface area contributed by atoms with E-state index in [1.807, 2.05) is 17.7 Å². The normalized spacial score (nSPS) is 10.1. The summed E-state index contributed by atoms with van der Waals surface area (Å²) in [6, 6.07) is -0.171. The van der Waals surface area contributed by atoms with Gasteiger partial charge in [0.2, 0.25) is 0 Å². The number of amides is 2. The molecular weight excluding hydrogens is 208 g/mol. The van der Waals surface area contributed by atoms with Crippen molar-refractivity contribution in [1.29, 1.82) is 0 Å². The van der Waals surface area contributed by atoms with Crippen LogP contribution in [0.15, 0.2) is 12.4 Å². The molecule has 1 rings (SSSR count). The zero-order valence-electron chi connectivity index (χ0n) is 9.69. The molecule has 0 aliphatic rings. The lowest BCUT2D eigenvalue weighted by Gasteiger charge is -2.08. The van der Waals surface area contributed by atoms with Crippen LogP contribution >= 0.6 is 0 Å². The number of rotatable bonds is 6. The van der Waals surface area contributed by atoms with Crippen molar-refractivity contribution in [3.63, 3.8) is 0 Å². The Balaban J connectivity index is 2.11. The number of hydrogen-bond acceptors (Lipinski definition) is 3. The van der Waals surface area contributed by atoms with Crippen molar-refractivity contribution in [2.45, 2.75) is 13.5 Å². The van der Waals surface area contributed by atoms with Crippen molar-refractivity contribution in [2.24, 2.45) is 0 Å². The largest absolute Gasteiger partial charge is 0.383 e. The van der Waals surface area contributed by atoms with E-state index >= 15 is 0 Å². The summed E-state index contributed by atoms with van der Waals surface area (Å²) in [5, 5.41) is 5.43. The first-order valence-electron chi connectivity index (χ1n) is 5.22. The summed E-state index contributed by atoms with van der Waals surface area (Å²) in [5.74, 6) is 0.946. The van der Waals surface area contributed by atoms with Crippen molar-refractivity contribution in [3.8, 4) is 0 Å². The number of carbonyl (C=O) groups excluding carboxylic acids is 1. The van der Waals surface area contributed by atoms with Crippen LogP contribution < -0.4 is 10.6 Å². The molecule has 0 saturated heterocycles. The van der Waals surface area contributed by atoms with Crippen LogP contribution in [0.4, 0.5) is 4.79 Å². The van der Waals surface area contributed by atoms with Crippen LogP contribution in [0.5, 0.6) is 0 Å². The van der Waals surface area contributed by atoms with Gasteiger partial charge in [-0.1, -0.05) is 0 Å². The van der Waals surface area contributed by atoms with E-state index in [1.165, 1.54) is 0 Å². The van der Waals surface area contributed by atoms with Crippen molar-refractivity contribution < 1.29 is 9.53 Å². The van der Waals surface area contributed by atoms with E-state index in [0.29, 0.717) is 19.7 Å². The average Bonchev–Trinajstić information content (AvgIpc) is 2.65. The Morgan fingerprint density at radius 2 is 2.25 bits per heavy atom. The van der Waals surface area contributed by atoms with Crippen LogP contribution in [-0.4, -0.2) is 42.4 Å². The van der Waals surface area contributed by atoms with E-state index in [1.54, 1.807) is 13.3 Å². The third-order valence-electron chi connectivity index (χ3n) is 2.15. The molecule has 1 aromatic heterocycles. The van der Waals surface area contributed by atoms with Crippen molar-refractivity contribution in [2.75, 3.05) is 26.8 Å². The van der Waals surface area contributed by atoms with E-state index in [-0.39, 0.29) is 6.03 Å². The number of hydrogen-bond donors (Lipinski definition) is 2. The lowest BCUT2D eigenvalue weighted by atomic mass is 10.5. The molecule has 1 heterocycles.